The maximum Gasteiger partial charge on any atom is 0.338 e. The van der Waals surface area contributed by atoms with Gasteiger partial charge in [-0.3, -0.25) is 14.4 Å². The molecule has 1 aliphatic rings. The molecule has 0 saturated heterocycles. The summed E-state index contributed by atoms with van der Waals surface area (Å²) in [6.45, 7) is 7.51. The van der Waals surface area contributed by atoms with E-state index in [1.165, 1.54) is 49.4 Å². The molecule has 0 unspecified atom stereocenters. The van der Waals surface area contributed by atoms with Crippen molar-refractivity contribution >= 4 is 35.2 Å². The normalized spacial score (nSPS) is 13.3. The van der Waals surface area contributed by atoms with Crippen LogP contribution in [0.2, 0.25) is 0 Å². The van der Waals surface area contributed by atoms with E-state index in [-0.39, 0.29) is 40.7 Å². The lowest BCUT2D eigenvalue weighted by molar-refractivity contribution is 0.0318. The molecule has 3 aromatic carbocycles. The first kappa shape index (κ1) is 26.5. The monoisotopic (exact) mass is 513 g/mol. The van der Waals surface area contributed by atoms with Crippen molar-refractivity contribution in [3.05, 3.63) is 100 Å². The van der Waals surface area contributed by atoms with E-state index >= 15 is 0 Å². The van der Waals surface area contributed by atoms with Gasteiger partial charge >= 0.3 is 11.9 Å². The van der Waals surface area contributed by atoms with Crippen LogP contribution in [0.25, 0.3) is 0 Å². The van der Waals surface area contributed by atoms with Gasteiger partial charge in [0.15, 0.2) is 6.10 Å². The van der Waals surface area contributed by atoms with E-state index in [2.05, 4.69) is 0 Å². The Balaban J connectivity index is 1.48. The van der Waals surface area contributed by atoms with Crippen molar-refractivity contribution in [2.75, 3.05) is 11.5 Å². The number of nitrogens with zero attached hydrogens (tertiary/aromatic N) is 1. The molecule has 0 N–H and O–H groups in total. The van der Waals surface area contributed by atoms with Crippen molar-refractivity contribution in [3.63, 3.8) is 0 Å². The third-order valence-corrected chi connectivity index (χ3v) is 6.02. The second-order valence-corrected chi connectivity index (χ2v) is 9.52. The molecule has 0 radical (unpaired) electrons. The number of hydrogen-bond acceptors (Lipinski definition) is 7. The largest absolute Gasteiger partial charge is 0.462 e. The predicted octanol–water partition coefficient (Wildman–Crippen LogP) is 5.04. The summed E-state index contributed by atoms with van der Waals surface area (Å²) in [4.78, 5) is 64.6. The SMILES string of the molecule is Cc1ccc(C(=O)[C@@H](C)OC(=O)c2ccc3c(c2)C(=O)N(c2ccc(C(=O)OCC(C)C)cc2)C3=O)cc1. The van der Waals surface area contributed by atoms with Crippen molar-refractivity contribution in [1.82, 2.24) is 0 Å². The van der Waals surface area contributed by atoms with Crippen LogP contribution in [0.15, 0.2) is 66.7 Å². The number of amides is 2. The lowest BCUT2D eigenvalue weighted by atomic mass is 10.0. The van der Waals surface area contributed by atoms with Gasteiger partial charge in [-0.15, -0.1) is 0 Å². The molecular formula is C30H27NO7. The van der Waals surface area contributed by atoms with Gasteiger partial charge in [0.25, 0.3) is 11.8 Å². The van der Waals surface area contributed by atoms with Gasteiger partial charge in [0.2, 0.25) is 5.78 Å². The van der Waals surface area contributed by atoms with Gasteiger partial charge in [0.05, 0.1) is 34.5 Å². The number of hydrogen-bond donors (Lipinski definition) is 0. The first-order valence-corrected chi connectivity index (χ1v) is 12.2. The minimum atomic E-state index is -1.04. The van der Waals surface area contributed by atoms with Crippen LogP contribution in [0.5, 0.6) is 0 Å². The average Bonchev–Trinajstić information content (AvgIpc) is 3.16. The highest BCUT2D eigenvalue weighted by Gasteiger charge is 2.37. The molecule has 4 rings (SSSR count). The standard InChI is InChI=1S/C30H27NO7/c1-17(2)16-37-29(35)21-9-12-23(13-10-21)31-27(33)24-14-11-22(15-25(24)28(31)34)30(36)38-19(4)26(32)20-7-5-18(3)6-8-20/h5-15,17,19H,16H2,1-4H3/t19-/m1/s1. The van der Waals surface area contributed by atoms with E-state index in [0.717, 1.165) is 10.5 Å². The number of aryl methyl sites for hydroxylation is 1. The van der Waals surface area contributed by atoms with E-state index in [1.54, 1.807) is 24.3 Å². The first-order chi connectivity index (χ1) is 18.1. The van der Waals surface area contributed by atoms with Crippen molar-refractivity contribution < 1.29 is 33.4 Å². The molecule has 0 spiro atoms. The summed E-state index contributed by atoms with van der Waals surface area (Å²) < 4.78 is 10.5. The number of carbonyl (C=O) groups excluding carboxylic acids is 5. The molecule has 1 atom stereocenters. The highest BCUT2D eigenvalue weighted by molar-refractivity contribution is 6.34. The van der Waals surface area contributed by atoms with Crippen LogP contribution in [0.1, 0.15) is 78.1 Å². The Hall–Kier alpha value is -4.59. The number of rotatable bonds is 8. The van der Waals surface area contributed by atoms with Crippen LogP contribution < -0.4 is 4.90 Å². The van der Waals surface area contributed by atoms with Crippen molar-refractivity contribution in [3.8, 4) is 0 Å². The van der Waals surface area contributed by atoms with E-state index in [1.807, 2.05) is 20.8 Å². The van der Waals surface area contributed by atoms with Crippen LogP contribution >= 0.6 is 0 Å². The molecule has 0 aromatic heterocycles. The van der Waals surface area contributed by atoms with Gasteiger partial charge < -0.3 is 9.47 Å². The zero-order chi connectivity index (χ0) is 27.6. The molecule has 1 aliphatic heterocycles. The Morgan fingerprint density at radius 3 is 1.95 bits per heavy atom. The molecule has 38 heavy (non-hydrogen) atoms. The minimum Gasteiger partial charge on any atom is -0.462 e. The fraction of sp³-hybridized carbons (Fsp3) is 0.233. The molecular weight excluding hydrogens is 486 g/mol. The number of ether oxygens (including phenoxy) is 2. The Morgan fingerprint density at radius 2 is 1.32 bits per heavy atom. The van der Waals surface area contributed by atoms with Gasteiger partial charge in [-0.05, 0) is 62.2 Å². The molecule has 3 aromatic rings. The number of ketones is 1. The lowest BCUT2D eigenvalue weighted by Crippen LogP contribution is -2.29. The van der Waals surface area contributed by atoms with Crippen LogP contribution in [-0.4, -0.2) is 42.2 Å². The maximum atomic E-state index is 13.1. The topological polar surface area (TPSA) is 107 Å². The van der Waals surface area contributed by atoms with Crippen LogP contribution in [0, 0.1) is 12.8 Å². The molecule has 2 amide bonds. The highest BCUT2D eigenvalue weighted by Crippen LogP contribution is 2.30. The zero-order valence-corrected chi connectivity index (χ0v) is 21.5. The van der Waals surface area contributed by atoms with Gasteiger partial charge in [-0.2, -0.15) is 0 Å². The fourth-order valence-electron chi connectivity index (χ4n) is 3.91. The molecule has 0 fully saturated rings. The van der Waals surface area contributed by atoms with Gasteiger partial charge in [-0.25, -0.2) is 14.5 Å². The fourth-order valence-corrected chi connectivity index (χ4v) is 3.91. The van der Waals surface area contributed by atoms with E-state index in [4.69, 9.17) is 9.47 Å². The lowest BCUT2D eigenvalue weighted by Gasteiger charge is -2.14. The van der Waals surface area contributed by atoms with Crippen LogP contribution in [0.3, 0.4) is 0 Å². The minimum absolute atomic E-state index is 0.0403. The predicted molar refractivity (Wildman–Crippen MR) is 140 cm³/mol. The van der Waals surface area contributed by atoms with Crippen LogP contribution in [-0.2, 0) is 9.47 Å². The number of imide groups is 1. The zero-order valence-electron chi connectivity index (χ0n) is 21.5. The van der Waals surface area contributed by atoms with Gasteiger partial charge in [0.1, 0.15) is 0 Å². The van der Waals surface area contributed by atoms with E-state index in [9.17, 15) is 24.0 Å². The Morgan fingerprint density at radius 1 is 0.737 bits per heavy atom. The molecule has 0 saturated carbocycles. The summed E-state index contributed by atoms with van der Waals surface area (Å²) in [5, 5.41) is 0. The second kappa shape index (κ2) is 10.8. The summed E-state index contributed by atoms with van der Waals surface area (Å²) >= 11 is 0. The number of carbonyl (C=O) groups is 5. The summed E-state index contributed by atoms with van der Waals surface area (Å²) in [6.07, 6.45) is -1.04. The highest BCUT2D eigenvalue weighted by atomic mass is 16.5. The molecule has 8 nitrogen and oxygen atoms in total. The molecule has 1 heterocycles. The average molecular weight is 514 g/mol. The number of esters is 2. The number of benzene rings is 3. The number of Topliss-reactive ketones (excluding diaryl/α,β-unsaturated/α-hetero) is 1. The van der Waals surface area contributed by atoms with E-state index in [0.29, 0.717) is 11.1 Å². The van der Waals surface area contributed by atoms with Crippen molar-refractivity contribution in [2.24, 2.45) is 5.92 Å². The third-order valence-electron chi connectivity index (χ3n) is 6.02. The Kier molecular flexibility index (Phi) is 7.52. The number of fused-ring (bicyclic) bond motifs is 1. The smallest absolute Gasteiger partial charge is 0.338 e. The van der Waals surface area contributed by atoms with E-state index < -0.39 is 29.9 Å². The molecule has 194 valence electrons. The van der Waals surface area contributed by atoms with Crippen molar-refractivity contribution in [1.29, 1.82) is 0 Å². The quantitative estimate of drug-likeness (QED) is 0.236. The summed E-state index contributed by atoms with van der Waals surface area (Å²) in [6, 6.07) is 16.9. The molecule has 0 aliphatic carbocycles. The second-order valence-electron chi connectivity index (χ2n) is 9.52. The summed E-state index contributed by atoms with van der Waals surface area (Å²) in [7, 11) is 0. The van der Waals surface area contributed by atoms with Crippen LogP contribution in [0.4, 0.5) is 5.69 Å². The van der Waals surface area contributed by atoms with Crippen molar-refractivity contribution in [2.45, 2.75) is 33.8 Å². The van der Waals surface area contributed by atoms with Gasteiger partial charge in [-0.1, -0.05) is 43.7 Å². The number of anilines is 1. The van der Waals surface area contributed by atoms with Gasteiger partial charge in [0, 0.05) is 5.56 Å². The Labute approximate surface area is 220 Å². The molecule has 0 bridgehead atoms. The summed E-state index contributed by atoms with van der Waals surface area (Å²) in [5.74, 6) is -2.61. The Bertz CT molecular complexity index is 1420. The third kappa shape index (κ3) is 5.39. The first-order valence-electron chi connectivity index (χ1n) is 12.2. The maximum absolute atomic E-state index is 13.1. The summed E-state index contributed by atoms with van der Waals surface area (Å²) in [5.41, 5.74) is 2.21. The molecule has 8 heteroatoms.